The molecular weight excluding hydrogens is 156 g/mol. The van der Waals surface area contributed by atoms with Crippen LogP contribution in [-0.2, 0) is 4.74 Å². The molecule has 0 aliphatic heterocycles. The van der Waals surface area contributed by atoms with Crippen molar-refractivity contribution < 1.29 is 13.9 Å². The Morgan fingerprint density at radius 3 is 3.08 bits per heavy atom. The fraction of sp³-hybridized carbons (Fsp3) is 0.444. The molecule has 0 radical (unpaired) electrons. The van der Waals surface area contributed by atoms with Crippen molar-refractivity contribution in [2.45, 2.75) is 13.3 Å². The van der Waals surface area contributed by atoms with Crippen molar-refractivity contribution in [3.8, 4) is 0 Å². The van der Waals surface area contributed by atoms with Crippen LogP contribution in [0, 0.1) is 0 Å². The highest BCUT2D eigenvalue weighted by Gasteiger charge is 2.07. The molecule has 3 nitrogen and oxygen atoms in total. The van der Waals surface area contributed by atoms with E-state index in [0.29, 0.717) is 25.4 Å². The largest absolute Gasteiger partial charge is 0.461 e. The summed E-state index contributed by atoms with van der Waals surface area (Å²) in [6.45, 7) is 3.01. The molecule has 0 spiro atoms. The van der Waals surface area contributed by atoms with Crippen LogP contribution >= 0.6 is 0 Å². The molecule has 1 heterocycles. The highest BCUT2D eigenvalue weighted by atomic mass is 16.5. The molecule has 12 heavy (non-hydrogen) atoms. The predicted molar refractivity (Wildman–Crippen MR) is 44.1 cm³/mol. The normalized spacial score (nSPS) is 10.1. The first-order chi connectivity index (χ1) is 5.84. The topological polar surface area (TPSA) is 39.4 Å². The van der Waals surface area contributed by atoms with E-state index in [-0.39, 0.29) is 5.78 Å². The minimum atomic E-state index is -0.00606. The number of carbonyl (C=O) groups is 1. The molecule has 0 N–H and O–H groups in total. The first-order valence-electron chi connectivity index (χ1n) is 3.99. The van der Waals surface area contributed by atoms with Crippen molar-refractivity contribution in [3.63, 3.8) is 0 Å². The van der Waals surface area contributed by atoms with E-state index < -0.39 is 0 Å². The van der Waals surface area contributed by atoms with Gasteiger partial charge in [-0.25, -0.2) is 0 Å². The Bertz CT molecular complexity index is 226. The third-order valence-corrected chi connectivity index (χ3v) is 1.47. The maximum atomic E-state index is 11.2. The smallest absolute Gasteiger partial charge is 0.200 e. The highest BCUT2D eigenvalue weighted by molar-refractivity contribution is 5.93. The lowest BCUT2D eigenvalue weighted by Crippen LogP contribution is -2.03. The average molecular weight is 168 g/mol. The van der Waals surface area contributed by atoms with Crippen molar-refractivity contribution in [1.29, 1.82) is 0 Å². The molecule has 0 aliphatic carbocycles. The van der Waals surface area contributed by atoms with Gasteiger partial charge in [0.15, 0.2) is 11.5 Å². The number of ether oxygens (including phenoxy) is 1. The minimum absolute atomic E-state index is 0.00606. The van der Waals surface area contributed by atoms with Crippen molar-refractivity contribution in [1.82, 2.24) is 0 Å². The van der Waals surface area contributed by atoms with E-state index in [2.05, 4.69) is 0 Å². The van der Waals surface area contributed by atoms with Crippen LogP contribution in [0.4, 0.5) is 0 Å². The number of ketones is 1. The van der Waals surface area contributed by atoms with Crippen molar-refractivity contribution >= 4 is 5.78 Å². The zero-order valence-electron chi connectivity index (χ0n) is 7.08. The summed E-state index contributed by atoms with van der Waals surface area (Å²) in [6, 6.07) is 3.36. The SMILES string of the molecule is CCOCCC(=O)c1ccco1. The molecule has 0 bridgehead atoms. The molecule has 0 atom stereocenters. The second-order valence-corrected chi connectivity index (χ2v) is 2.35. The Labute approximate surface area is 71.3 Å². The van der Waals surface area contributed by atoms with Gasteiger partial charge >= 0.3 is 0 Å². The van der Waals surface area contributed by atoms with Gasteiger partial charge in [0.05, 0.1) is 12.9 Å². The van der Waals surface area contributed by atoms with Crippen LogP contribution in [-0.4, -0.2) is 19.0 Å². The van der Waals surface area contributed by atoms with Gasteiger partial charge in [-0.1, -0.05) is 0 Å². The lowest BCUT2D eigenvalue weighted by Gasteiger charge is -1.97. The Kier molecular flexibility index (Phi) is 3.54. The molecule has 0 fully saturated rings. The lowest BCUT2D eigenvalue weighted by molar-refractivity contribution is 0.0870. The van der Waals surface area contributed by atoms with Crippen LogP contribution in [0.25, 0.3) is 0 Å². The number of carbonyl (C=O) groups excluding carboxylic acids is 1. The summed E-state index contributed by atoms with van der Waals surface area (Å²) < 4.78 is 9.96. The van der Waals surface area contributed by atoms with Crippen LogP contribution in [0.15, 0.2) is 22.8 Å². The average Bonchev–Trinajstić information content (AvgIpc) is 2.56. The summed E-state index contributed by atoms with van der Waals surface area (Å²) in [5, 5.41) is 0. The van der Waals surface area contributed by atoms with Crippen LogP contribution < -0.4 is 0 Å². The summed E-state index contributed by atoms with van der Waals surface area (Å²) in [5.74, 6) is 0.406. The van der Waals surface area contributed by atoms with E-state index in [0.717, 1.165) is 0 Å². The Morgan fingerprint density at radius 1 is 1.67 bits per heavy atom. The molecule has 0 unspecified atom stereocenters. The van der Waals surface area contributed by atoms with Crippen LogP contribution in [0.1, 0.15) is 23.9 Å². The molecule has 1 rings (SSSR count). The van der Waals surface area contributed by atoms with Crippen molar-refractivity contribution in [2.24, 2.45) is 0 Å². The number of Topliss-reactive ketones (excluding diaryl/α,β-unsaturated/α-hetero) is 1. The maximum Gasteiger partial charge on any atom is 0.200 e. The van der Waals surface area contributed by atoms with E-state index in [1.54, 1.807) is 12.1 Å². The second kappa shape index (κ2) is 4.72. The first kappa shape index (κ1) is 9.00. The summed E-state index contributed by atoms with van der Waals surface area (Å²) in [7, 11) is 0. The predicted octanol–water partition coefficient (Wildman–Crippen LogP) is 1.89. The van der Waals surface area contributed by atoms with E-state index in [9.17, 15) is 4.79 Å². The monoisotopic (exact) mass is 168 g/mol. The van der Waals surface area contributed by atoms with Crippen molar-refractivity contribution in [2.75, 3.05) is 13.2 Å². The number of hydrogen-bond acceptors (Lipinski definition) is 3. The second-order valence-electron chi connectivity index (χ2n) is 2.35. The van der Waals surface area contributed by atoms with E-state index in [1.165, 1.54) is 6.26 Å². The van der Waals surface area contributed by atoms with Gasteiger partial charge < -0.3 is 9.15 Å². The molecule has 1 aromatic rings. The summed E-state index contributed by atoms with van der Waals surface area (Å²) in [6.07, 6.45) is 1.88. The highest BCUT2D eigenvalue weighted by Crippen LogP contribution is 2.03. The van der Waals surface area contributed by atoms with Gasteiger partial charge in [-0.3, -0.25) is 4.79 Å². The third kappa shape index (κ3) is 2.51. The zero-order valence-corrected chi connectivity index (χ0v) is 7.08. The van der Waals surface area contributed by atoms with Gasteiger partial charge in [-0.2, -0.15) is 0 Å². The van der Waals surface area contributed by atoms with E-state index in [1.807, 2.05) is 6.92 Å². The molecule has 1 aromatic heterocycles. The van der Waals surface area contributed by atoms with E-state index in [4.69, 9.17) is 9.15 Å². The van der Waals surface area contributed by atoms with Gasteiger partial charge in [0.25, 0.3) is 0 Å². The van der Waals surface area contributed by atoms with Crippen LogP contribution in [0.3, 0.4) is 0 Å². The number of rotatable bonds is 5. The molecule has 0 aromatic carbocycles. The fourth-order valence-electron chi connectivity index (χ4n) is 0.870. The zero-order chi connectivity index (χ0) is 8.81. The minimum Gasteiger partial charge on any atom is -0.461 e. The summed E-state index contributed by atoms with van der Waals surface area (Å²) >= 11 is 0. The van der Waals surface area contributed by atoms with Gasteiger partial charge in [0.2, 0.25) is 0 Å². The fourth-order valence-corrected chi connectivity index (χ4v) is 0.870. The Morgan fingerprint density at radius 2 is 2.50 bits per heavy atom. The standard InChI is InChI=1S/C9H12O3/c1-2-11-7-5-8(10)9-4-3-6-12-9/h3-4,6H,2,5,7H2,1H3. The third-order valence-electron chi connectivity index (χ3n) is 1.47. The summed E-state index contributed by atoms with van der Waals surface area (Å²) in [4.78, 5) is 11.2. The lowest BCUT2D eigenvalue weighted by atomic mass is 10.2. The van der Waals surface area contributed by atoms with Gasteiger partial charge in [0, 0.05) is 13.0 Å². The van der Waals surface area contributed by atoms with E-state index >= 15 is 0 Å². The van der Waals surface area contributed by atoms with Crippen LogP contribution in [0.2, 0.25) is 0 Å². The molecule has 66 valence electrons. The number of furan rings is 1. The molecule has 0 aliphatic rings. The molecule has 0 saturated heterocycles. The van der Waals surface area contributed by atoms with Gasteiger partial charge in [-0.15, -0.1) is 0 Å². The summed E-state index contributed by atoms with van der Waals surface area (Å²) in [5.41, 5.74) is 0. The Balaban J connectivity index is 2.30. The van der Waals surface area contributed by atoms with Crippen molar-refractivity contribution in [3.05, 3.63) is 24.2 Å². The first-order valence-corrected chi connectivity index (χ1v) is 3.99. The van der Waals surface area contributed by atoms with Gasteiger partial charge in [-0.05, 0) is 19.1 Å². The molecule has 0 saturated carbocycles. The van der Waals surface area contributed by atoms with Gasteiger partial charge in [0.1, 0.15) is 0 Å². The Hall–Kier alpha value is -1.09. The molecule has 3 heteroatoms. The van der Waals surface area contributed by atoms with Crippen LogP contribution in [0.5, 0.6) is 0 Å². The maximum absolute atomic E-state index is 11.2. The molecular formula is C9H12O3. The molecule has 0 amide bonds. The quantitative estimate of drug-likeness (QED) is 0.498. The number of hydrogen-bond donors (Lipinski definition) is 0.